The van der Waals surface area contributed by atoms with Gasteiger partial charge in [0.25, 0.3) is 5.91 Å². The molecule has 0 radical (unpaired) electrons. The van der Waals surface area contributed by atoms with Crippen LogP contribution < -0.4 is 20.0 Å². The highest BCUT2D eigenvalue weighted by atomic mass is 16.5. The van der Waals surface area contributed by atoms with E-state index >= 15 is 0 Å². The molecular weight excluding hydrogens is 440 g/mol. The monoisotopic (exact) mass is 473 g/mol. The SMILES string of the molecule is COc1ccc(C2C=[N+]=C(Nc3ccc(C(=O)N4CCN(C5CCCC=N5)CC4)cc3)NC2)cc1. The molecule has 2 N–H and O–H groups in total. The standard InChI is InChI=1S/C27H32N6O2/c1-35-24-11-7-20(8-12-24)22-18-29-27(30-19-22)31-23-9-5-21(6-10-23)26(34)33-16-14-32(15-17-33)25-4-2-3-13-28-25/h5-13,18,22,25H,2-4,14-17,19H2,1H3,(H,30,31,34)/p+1. The number of hydrogen-bond donors (Lipinski definition) is 2. The smallest absolute Gasteiger partial charge is 0.443 e. The molecule has 3 heterocycles. The summed E-state index contributed by atoms with van der Waals surface area (Å²) in [5, 5.41) is 6.65. The van der Waals surface area contributed by atoms with Crippen molar-refractivity contribution in [2.24, 2.45) is 4.99 Å². The number of rotatable bonds is 5. The highest BCUT2D eigenvalue weighted by molar-refractivity contribution is 5.98. The molecule has 2 aromatic rings. The maximum Gasteiger partial charge on any atom is 0.443 e. The van der Waals surface area contributed by atoms with Gasteiger partial charge in [-0.15, -0.1) is 0 Å². The van der Waals surface area contributed by atoms with Crippen LogP contribution in [0.1, 0.15) is 41.1 Å². The number of hydrogen-bond acceptors (Lipinski definition) is 6. The predicted octanol–water partition coefficient (Wildman–Crippen LogP) is 2.33. The number of aliphatic imine (C=N–C) groups is 1. The summed E-state index contributed by atoms with van der Waals surface area (Å²) in [6.45, 7) is 4.01. The zero-order valence-electron chi connectivity index (χ0n) is 20.2. The number of nitrogens with zero attached hydrogens (tertiary/aromatic N) is 4. The van der Waals surface area contributed by atoms with Crippen molar-refractivity contribution in [1.82, 2.24) is 19.8 Å². The minimum absolute atomic E-state index is 0.0899. The summed E-state index contributed by atoms with van der Waals surface area (Å²) in [5.74, 6) is 1.85. The molecular formula is C27H33N6O2+. The molecule has 1 saturated heterocycles. The second-order valence-corrected chi connectivity index (χ2v) is 9.16. The van der Waals surface area contributed by atoms with Crippen molar-refractivity contribution in [3.63, 3.8) is 0 Å². The summed E-state index contributed by atoms with van der Waals surface area (Å²) in [6, 6.07) is 15.7. The molecule has 0 saturated carbocycles. The molecule has 3 aliphatic rings. The van der Waals surface area contributed by atoms with E-state index in [4.69, 9.17) is 4.74 Å². The Morgan fingerprint density at radius 2 is 1.86 bits per heavy atom. The molecule has 0 aliphatic carbocycles. The summed E-state index contributed by atoms with van der Waals surface area (Å²) in [6.07, 6.45) is 7.72. The summed E-state index contributed by atoms with van der Waals surface area (Å²) in [4.78, 5) is 22.0. The number of carbonyl (C=O) groups is 1. The van der Waals surface area contributed by atoms with Gasteiger partial charge in [-0.05, 0) is 61.2 Å². The average molecular weight is 474 g/mol. The van der Waals surface area contributed by atoms with E-state index in [2.05, 4.69) is 37.3 Å². The normalized spacial score (nSPS) is 22.3. The van der Waals surface area contributed by atoms with Crippen molar-refractivity contribution in [3.8, 4) is 5.75 Å². The molecule has 1 fully saturated rings. The van der Waals surface area contributed by atoms with Gasteiger partial charge in [-0.2, -0.15) is 0 Å². The first kappa shape index (κ1) is 23.1. The molecule has 3 aliphatic heterocycles. The van der Waals surface area contributed by atoms with Crippen LogP contribution in [0.5, 0.6) is 5.75 Å². The number of piperazine rings is 1. The molecule has 35 heavy (non-hydrogen) atoms. The highest BCUT2D eigenvalue weighted by Gasteiger charge is 2.27. The molecule has 5 rings (SSSR count). The van der Waals surface area contributed by atoms with E-state index in [9.17, 15) is 4.79 Å². The third kappa shape index (κ3) is 5.56. The van der Waals surface area contributed by atoms with Crippen LogP contribution in [-0.2, 0) is 0 Å². The lowest BCUT2D eigenvalue weighted by Crippen LogP contribution is -2.51. The zero-order chi connectivity index (χ0) is 24.0. The summed E-state index contributed by atoms with van der Waals surface area (Å²) < 4.78 is 9.78. The first-order valence-electron chi connectivity index (χ1n) is 12.4. The Labute approximate surface area is 206 Å². The quantitative estimate of drug-likeness (QED) is 0.652. The topological polar surface area (TPSA) is 83.3 Å². The van der Waals surface area contributed by atoms with E-state index in [-0.39, 0.29) is 11.8 Å². The minimum Gasteiger partial charge on any atom is -0.497 e. The first-order chi connectivity index (χ1) is 17.2. The van der Waals surface area contributed by atoms with E-state index in [1.54, 1.807) is 7.11 Å². The van der Waals surface area contributed by atoms with Crippen LogP contribution in [0.2, 0.25) is 0 Å². The fourth-order valence-electron chi connectivity index (χ4n) is 4.78. The largest absolute Gasteiger partial charge is 0.497 e. The van der Waals surface area contributed by atoms with Crippen LogP contribution >= 0.6 is 0 Å². The van der Waals surface area contributed by atoms with Crippen LogP contribution in [0.25, 0.3) is 0 Å². The molecule has 8 heteroatoms. The van der Waals surface area contributed by atoms with E-state index in [1.165, 1.54) is 12.0 Å². The third-order valence-electron chi connectivity index (χ3n) is 6.91. The van der Waals surface area contributed by atoms with E-state index in [0.717, 1.165) is 57.0 Å². The van der Waals surface area contributed by atoms with Gasteiger partial charge in [0.1, 0.15) is 23.8 Å². The number of carbonyl (C=O) groups excluding carboxylic acids is 1. The van der Waals surface area contributed by atoms with Crippen LogP contribution in [0, 0.1) is 0 Å². The average Bonchev–Trinajstić information content (AvgIpc) is 2.94. The highest BCUT2D eigenvalue weighted by Crippen LogP contribution is 2.20. The molecule has 2 unspecified atom stereocenters. The Morgan fingerprint density at radius 1 is 1.09 bits per heavy atom. The Balaban J connectivity index is 1.15. The number of nitrogens with one attached hydrogen (secondary N) is 2. The van der Waals surface area contributed by atoms with Gasteiger partial charge in [-0.3, -0.25) is 20.0 Å². The molecule has 8 nitrogen and oxygen atoms in total. The number of benzene rings is 2. The number of amides is 1. The lowest BCUT2D eigenvalue weighted by molar-refractivity contribution is 0.0562. The second-order valence-electron chi connectivity index (χ2n) is 9.16. The van der Waals surface area contributed by atoms with Crippen LogP contribution in [-0.4, -0.2) is 80.1 Å². The van der Waals surface area contributed by atoms with E-state index in [1.807, 2.05) is 53.7 Å². The molecule has 2 aromatic carbocycles. The molecule has 1 amide bonds. The van der Waals surface area contributed by atoms with Crippen LogP contribution in [0.4, 0.5) is 5.69 Å². The number of guanidine groups is 1. The van der Waals surface area contributed by atoms with Gasteiger partial charge in [0.15, 0.2) is 0 Å². The Bertz CT molecular complexity index is 1110. The van der Waals surface area contributed by atoms with Gasteiger partial charge in [0.2, 0.25) is 0 Å². The van der Waals surface area contributed by atoms with Crippen LogP contribution in [0.15, 0.2) is 53.5 Å². The number of anilines is 1. The molecule has 182 valence electrons. The number of methoxy groups -OCH3 is 1. The minimum atomic E-state index is 0.0899. The van der Waals surface area contributed by atoms with E-state index in [0.29, 0.717) is 17.7 Å². The zero-order valence-corrected chi connectivity index (χ0v) is 20.2. The van der Waals surface area contributed by atoms with Crippen molar-refractivity contribution in [2.75, 3.05) is 45.2 Å². The van der Waals surface area contributed by atoms with E-state index < -0.39 is 0 Å². The maximum atomic E-state index is 13.0. The van der Waals surface area contributed by atoms with Gasteiger partial charge < -0.3 is 9.64 Å². The van der Waals surface area contributed by atoms with Gasteiger partial charge in [-0.25, -0.2) is 9.98 Å². The number of ether oxygens (including phenoxy) is 1. The first-order valence-corrected chi connectivity index (χ1v) is 12.4. The summed E-state index contributed by atoms with van der Waals surface area (Å²) in [5.41, 5.74) is 2.80. The molecule has 2 atom stereocenters. The van der Waals surface area contributed by atoms with Crippen molar-refractivity contribution >= 4 is 30.0 Å². The maximum absolute atomic E-state index is 13.0. The fraction of sp³-hybridized carbons (Fsp3) is 0.407. The lowest BCUT2D eigenvalue weighted by atomic mass is 10.00. The predicted molar refractivity (Wildman–Crippen MR) is 141 cm³/mol. The third-order valence-corrected chi connectivity index (χ3v) is 6.91. The van der Waals surface area contributed by atoms with Crippen molar-refractivity contribution in [2.45, 2.75) is 31.3 Å². The summed E-state index contributed by atoms with van der Waals surface area (Å²) in [7, 11) is 1.67. The van der Waals surface area contributed by atoms with Gasteiger partial charge in [0.05, 0.1) is 19.6 Å². The lowest BCUT2D eigenvalue weighted by Gasteiger charge is -2.38. The van der Waals surface area contributed by atoms with Crippen molar-refractivity contribution in [1.29, 1.82) is 0 Å². The molecule has 0 spiro atoms. The Kier molecular flexibility index (Phi) is 7.12. The van der Waals surface area contributed by atoms with Crippen molar-refractivity contribution < 1.29 is 9.53 Å². The van der Waals surface area contributed by atoms with Gasteiger partial charge in [-0.1, -0.05) is 12.1 Å². The van der Waals surface area contributed by atoms with Crippen molar-refractivity contribution in [3.05, 3.63) is 59.7 Å². The Morgan fingerprint density at radius 3 is 2.49 bits per heavy atom. The summed E-state index contributed by atoms with van der Waals surface area (Å²) >= 11 is 0. The second kappa shape index (κ2) is 10.8. The molecule has 0 bridgehead atoms. The Hall–Kier alpha value is -3.61. The van der Waals surface area contributed by atoms with Crippen LogP contribution in [0.3, 0.4) is 0 Å². The van der Waals surface area contributed by atoms with Gasteiger partial charge in [0, 0.05) is 38.0 Å². The fourth-order valence-corrected chi connectivity index (χ4v) is 4.78. The molecule has 0 aromatic heterocycles. The van der Waals surface area contributed by atoms with Gasteiger partial charge >= 0.3 is 5.96 Å².